The molecule has 15 heteroatoms. The summed E-state index contributed by atoms with van der Waals surface area (Å²) in [5.74, 6) is -7.96. The standard InChI is InChI=1S/C53H83NO14/c1-32-16-12-11-13-17-33(2)44(63-8)30-40-21-19-38(7)53(62,68-40)50(59)51(60)54-23-15-14-18-41(54)52(61)67-45(35(4)28-39-20-22-43(66-25-24-55)46(29-39)64-9)31-42(56)34(3)27-37(6)48(58)49(65-10)47(57)36(5)26-32/h11-13,16-17,27,32,34-36,38-41,43-46,48-49,55,58,62H,14-15,18-26,28-31H2,1-10H3/b13-11+,16-12+,33-17+,37-27+/t32-,34-,35-,36-,38-,39+,40+,41+,43-,44+,45+,46-,48?,49+,53-/m1/s1. The number of carbonyl (C=O) groups excluding carboxylic acids is 5. The third kappa shape index (κ3) is 15.3. The predicted octanol–water partition coefficient (Wildman–Crippen LogP) is 6.20. The fraction of sp³-hybridized carbons (Fsp3) is 0.755. The molecule has 384 valence electrons. The number of nitrogens with zero attached hydrogens (tertiary/aromatic N) is 1. The van der Waals surface area contributed by atoms with E-state index < -0.39 is 77.8 Å². The Balaban J connectivity index is 1.70. The lowest BCUT2D eigenvalue weighted by molar-refractivity contribution is -0.265. The summed E-state index contributed by atoms with van der Waals surface area (Å²) in [5.41, 5.74) is 1.26. The van der Waals surface area contributed by atoms with Gasteiger partial charge in [0.2, 0.25) is 5.79 Å². The lowest BCUT2D eigenvalue weighted by Gasteiger charge is -2.42. The zero-order valence-electron chi connectivity index (χ0n) is 42.4. The first-order chi connectivity index (χ1) is 32.3. The second-order valence-corrected chi connectivity index (χ2v) is 20.2. The van der Waals surface area contributed by atoms with Gasteiger partial charge in [0.1, 0.15) is 30.1 Å². The molecule has 2 bridgehead atoms. The summed E-state index contributed by atoms with van der Waals surface area (Å²) in [5, 5.41) is 32.8. The first-order valence-corrected chi connectivity index (χ1v) is 25.0. The number of methoxy groups -OCH3 is 3. The van der Waals surface area contributed by atoms with E-state index in [4.69, 9.17) is 28.4 Å². The lowest BCUT2D eigenvalue weighted by Crippen LogP contribution is -2.61. The molecular formula is C53H83NO14. The Labute approximate surface area is 405 Å². The Morgan fingerprint density at radius 2 is 1.59 bits per heavy atom. The van der Waals surface area contributed by atoms with Crippen molar-refractivity contribution in [3.05, 3.63) is 47.6 Å². The number of ether oxygens (including phenoxy) is 6. The van der Waals surface area contributed by atoms with Crippen LogP contribution in [-0.2, 0) is 52.4 Å². The average molecular weight is 958 g/mol. The molecule has 15 atom stereocenters. The molecule has 1 amide bonds. The van der Waals surface area contributed by atoms with Crippen LogP contribution in [0.1, 0.15) is 126 Å². The molecule has 1 aliphatic carbocycles. The summed E-state index contributed by atoms with van der Waals surface area (Å²) in [6, 6.07) is -1.14. The topological polar surface area (TPSA) is 205 Å². The van der Waals surface area contributed by atoms with Crippen LogP contribution in [0.25, 0.3) is 0 Å². The highest BCUT2D eigenvalue weighted by atomic mass is 16.6. The molecule has 4 aliphatic rings. The summed E-state index contributed by atoms with van der Waals surface area (Å²) < 4.78 is 35.6. The third-order valence-corrected chi connectivity index (χ3v) is 14.9. The Kier molecular flexibility index (Phi) is 22.9. The molecular weight excluding hydrogens is 875 g/mol. The number of aliphatic hydroxyl groups is 3. The van der Waals surface area contributed by atoms with Crippen LogP contribution in [0.15, 0.2) is 47.6 Å². The number of fused-ring (bicyclic) bond motifs is 3. The number of esters is 1. The monoisotopic (exact) mass is 958 g/mol. The van der Waals surface area contributed by atoms with Crippen molar-refractivity contribution in [1.29, 1.82) is 0 Å². The SMILES string of the molecule is CO[C@H]1C[C@@H]2CC[C@@H](C)[C@@](O)(O2)C(=O)C(=O)N2CCCC[C@H]2C(=O)O[C@H]([C@H](C)C[C@@H]2CC[C@@H](OCCO)[C@H](OC)C2)CC(=O)[C@H](C)/C=C(\C)C(O)[C@@H](OC)C(=O)[C@H](C)C[C@H](C)/C=C/C=C/C=C/1C. The van der Waals surface area contributed by atoms with E-state index >= 15 is 0 Å². The number of ketones is 3. The molecule has 3 fully saturated rings. The number of hydrogen-bond donors (Lipinski definition) is 3. The van der Waals surface area contributed by atoms with Crippen LogP contribution in [0, 0.1) is 35.5 Å². The molecule has 1 unspecified atom stereocenters. The Hall–Kier alpha value is -3.41. The highest BCUT2D eigenvalue weighted by Crippen LogP contribution is 2.38. The highest BCUT2D eigenvalue weighted by Gasteiger charge is 2.53. The second-order valence-electron chi connectivity index (χ2n) is 20.2. The van der Waals surface area contributed by atoms with Crippen molar-refractivity contribution in [2.24, 2.45) is 35.5 Å². The second kappa shape index (κ2) is 27.3. The predicted molar refractivity (Wildman–Crippen MR) is 256 cm³/mol. The molecule has 3 aliphatic heterocycles. The number of carbonyl (C=O) groups is 5. The Bertz CT molecular complexity index is 1810. The van der Waals surface area contributed by atoms with E-state index in [0.717, 1.165) is 12.0 Å². The molecule has 1 saturated carbocycles. The number of piperidine rings is 1. The van der Waals surface area contributed by atoms with Gasteiger partial charge in [0.25, 0.3) is 11.7 Å². The van der Waals surface area contributed by atoms with Crippen LogP contribution >= 0.6 is 0 Å². The molecule has 0 aromatic rings. The summed E-state index contributed by atoms with van der Waals surface area (Å²) in [4.78, 5) is 72.1. The van der Waals surface area contributed by atoms with E-state index in [1.165, 1.54) is 12.0 Å². The lowest BCUT2D eigenvalue weighted by atomic mass is 9.78. The van der Waals surface area contributed by atoms with E-state index in [2.05, 4.69) is 0 Å². The van der Waals surface area contributed by atoms with Gasteiger partial charge in [-0.1, -0.05) is 71.1 Å². The zero-order chi connectivity index (χ0) is 50.3. The van der Waals surface area contributed by atoms with Gasteiger partial charge in [-0.05, 0) is 107 Å². The minimum absolute atomic E-state index is 0.0158. The van der Waals surface area contributed by atoms with E-state index in [1.807, 2.05) is 58.1 Å². The first kappa shape index (κ1) is 57.2. The molecule has 0 aromatic heterocycles. The molecule has 0 radical (unpaired) electrons. The summed E-state index contributed by atoms with van der Waals surface area (Å²) in [6.45, 7) is 12.9. The van der Waals surface area contributed by atoms with Gasteiger partial charge in [0.15, 0.2) is 5.78 Å². The minimum Gasteiger partial charge on any atom is -0.460 e. The number of rotatable bonds is 9. The zero-order valence-corrected chi connectivity index (χ0v) is 42.4. The van der Waals surface area contributed by atoms with Gasteiger partial charge >= 0.3 is 5.97 Å². The molecule has 0 spiro atoms. The van der Waals surface area contributed by atoms with Crippen LogP contribution in [0.2, 0.25) is 0 Å². The van der Waals surface area contributed by atoms with Crippen molar-refractivity contribution in [2.75, 3.05) is 41.1 Å². The van der Waals surface area contributed by atoms with Crippen LogP contribution in [-0.4, -0.2) is 145 Å². The molecule has 0 aromatic carbocycles. The number of Topliss-reactive ketones (excluding diaryl/α,β-unsaturated/α-hetero) is 3. The number of aliphatic hydroxyl groups excluding tert-OH is 2. The maximum absolute atomic E-state index is 14.5. The van der Waals surface area contributed by atoms with Crippen LogP contribution in [0.5, 0.6) is 0 Å². The minimum atomic E-state index is -2.43. The van der Waals surface area contributed by atoms with Gasteiger partial charge in [0.05, 0.1) is 37.6 Å². The van der Waals surface area contributed by atoms with Crippen molar-refractivity contribution >= 4 is 29.2 Å². The highest BCUT2D eigenvalue weighted by molar-refractivity contribution is 6.39. The molecule has 2 saturated heterocycles. The number of hydrogen-bond acceptors (Lipinski definition) is 14. The van der Waals surface area contributed by atoms with Gasteiger partial charge in [-0.15, -0.1) is 0 Å². The van der Waals surface area contributed by atoms with Crippen molar-refractivity contribution in [3.8, 4) is 0 Å². The van der Waals surface area contributed by atoms with Gasteiger partial charge in [0, 0.05) is 58.5 Å². The van der Waals surface area contributed by atoms with Gasteiger partial charge < -0.3 is 48.6 Å². The fourth-order valence-electron chi connectivity index (χ4n) is 10.5. The first-order valence-electron chi connectivity index (χ1n) is 25.0. The number of amides is 1. The summed E-state index contributed by atoms with van der Waals surface area (Å²) in [6.07, 6.45) is 12.0. The van der Waals surface area contributed by atoms with E-state index in [1.54, 1.807) is 41.1 Å². The van der Waals surface area contributed by atoms with Crippen molar-refractivity contribution in [1.82, 2.24) is 4.90 Å². The normalized spacial score (nSPS) is 39.2. The molecule has 3 N–H and O–H groups in total. The quantitative estimate of drug-likeness (QED) is 0.134. The van der Waals surface area contributed by atoms with Gasteiger partial charge in [-0.2, -0.15) is 0 Å². The Morgan fingerprint density at radius 1 is 0.853 bits per heavy atom. The van der Waals surface area contributed by atoms with Gasteiger partial charge in [-0.3, -0.25) is 19.2 Å². The third-order valence-electron chi connectivity index (χ3n) is 14.9. The fourth-order valence-corrected chi connectivity index (χ4v) is 10.5. The largest absolute Gasteiger partial charge is 0.460 e. The van der Waals surface area contributed by atoms with E-state index in [-0.39, 0.29) is 74.1 Å². The van der Waals surface area contributed by atoms with Crippen LogP contribution in [0.3, 0.4) is 0 Å². The van der Waals surface area contributed by atoms with Crippen LogP contribution < -0.4 is 0 Å². The maximum atomic E-state index is 14.5. The van der Waals surface area contributed by atoms with Crippen molar-refractivity contribution in [2.45, 2.75) is 180 Å². The van der Waals surface area contributed by atoms with Crippen molar-refractivity contribution in [3.63, 3.8) is 0 Å². The van der Waals surface area contributed by atoms with Gasteiger partial charge in [-0.25, -0.2) is 4.79 Å². The Morgan fingerprint density at radius 3 is 2.26 bits per heavy atom. The van der Waals surface area contributed by atoms with E-state index in [0.29, 0.717) is 63.4 Å². The number of cyclic esters (lactones) is 1. The van der Waals surface area contributed by atoms with E-state index in [9.17, 15) is 39.3 Å². The molecule has 4 rings (SSSR count). The summed E-state index contributed by atoms with van der Waals surface area (Å²) >= 11 is 0. The molecule has 3 heterocycles. The summed E-state index contributed by atoms with van der Waals surface area (Å²) in [7, 11) is 4.58. The molecule has 15 nitrogen and oxygen atoms in total. The van der Waals surface area contributed by atoms with Crippen LogP contribution in [0.4, 0.5) is 0 Å². The smallest absolute Gasteiger partial charge is 0.329 e. The maximum Gasteiger partial charge on any atom is 0.329 e. The average Bonchev–Trinajstić information content (AvgIpc) is 3.32. The molecule has 68 heavy (non-hydrogen) atoms. The number of allylic oxidation sites excluding steroid dienone is 6. The van der Waals surface area contributed by atoms with Crippen molar-refractivity contribution < 1.29 is 67.7 Å².